The standard InChI is InChI=1S/C17H18ClNO3.CH3Cl/c1-22-17(21)16(20)15(19)9-11-5-7-12(8-6-11)13-3-2-4-14(18)10-13;1-2/h2-8,10,15-16,20H,9,19H2,1H3;1H3/t15-,16-;/m1./s1. The van der Waals surface area contributed by atoms with Crippen molar-refractivity contribution >= 4 is 29.2 Å². The van der Waals surface area contributed by atoms with E-state index in [1.807, 2.05) is 48.5 Å². The normalized spacial score (nSPS) is 12.6. The van der Waals surface area contributed by atoms with Crippen molar-refractivity contribution in [2.75, 3.05) is 13.5 Å². The predicted molar refractivity (Wildman–Crippen MR) is 98.4 cm³/mol. The first-order valence-electron chi connectivity index (χ1n) is 7.25. The first-order chi connectivity index (χ1) is 11.5. The Kier molecular flexibility index (Phi) is 8.79. The second-order valence-electron chi connectivity index (χ2n) is 5.04. The molecule has 2 rings (SSSR count). The van der Waals surface area contributed by atoms with Crippen molar-refractivity contribution in [1.29, 1.82) is 0 Å². The molecule has 6 heteroatoms. The highest BCUT2D eigenvalue weighted by Gasteiger charge is 2.23. The highest BCUT2D eigenvalue weighted by Crippen LogP contribution is 2.23. The summed E-state index contributed by atoms with van der Waals surface area (Å²) >= 11 is 10.6. The third-order valence-corrected chi connectivity index (χ3v) is 3.67. The molecule has 130 valence electrons. The summed E-state index contributed by atoms with van der Waals surface area (Å²) in [7, 11) is 1.22. The van der Waals surface area contributed by atoms with Crippen LogP contribution in [0.5, 0.6) is 0 Å². The van der Waals surface area contributed by atoms with E-state index in [1.165, 1.54) is 13.5 Å². The molecule has 0 saturated heterocycles. The zero-order chi connectivity index (χ0) is 18.1. The molecule has 0 radical (unpaired) electrons. The monoisotopic (exact) mass is 369 g/mol. The van der Waals surface area contributed by atoms with Crippen LogP contribution in [0.2, 0.25) is 5.02 Å². The Hall–Kier alpha value is -1.59. The van der Waals surface area contributed by atoms with Gasteiger partial charge in [-0.15, -0.1) is 11.6 Å². The third-order valence-electron chi connectivity index (χ3n) is 3.43. The molecule has 0 bridgehead atoms. The first kappa shape index (κ1) is 20.5. The van der Waals surface area contributed by atoms with Gasteiger partial charge in [0.05, 0.1) is 7.11 Å². The van der Waals surface area contributed by atoms with Crippen LogP contribution in [-0.2, 0) is 16.0 Å². The van der Waals surface area contributed by atoms with Crippen LogP contribution in [-0.4, -0.2) is 36.7 Å². The van der Waals surface area contributed by atoms with Gasteiger partial charge in [-0.05, 0) is 35.2 Å². The minimum absolute atomic E-state index is 0.381. The molecular formula is C18H21Cl2NO3. The van der Waals surface area contributed by atoms with Gasteiger partial charge in [0.1, 0.15) is 0 Å². The third kappa shape index (κ3) is 5.80. The number of methoxy groups -OCH3 is 1. The van der Waals surface area contributed by atoms with Gasteiger partial charge in [-0.3, -0.25) is 0 Å². The number of nitrogens with two attached hydrogens (primary N) is 1. The van der Waals surface area contributed by atoms with Crippen molar-refractivity contribution in [2.45, 2.75) is 18.6 Å². The van der Waals surface area contributed by atoms with E-state index >= 15 is 0 Å². The molecule has 2 aromatic carbocycles. The van der Waals surface area contributed by atoms with Crippen LogP contribution in [0.4, 0.5) is 0 Å². The molecule has 2 atom stereocenters. The molecule has 0 aliphatic carbocycles. The van der Waals surface area contributed by atoms with Gasteiger partial charge in [0.15, 0.2) is 6.10 Å². The molecule has 2 aromatic rings. The van der Waals surface area contributed by atoms with Crippen molar-refractivity contribution in [3.05, 3.63) is 59.1 Å². The lowest BCUT2D eigenvalue weighted by Gasteiger charge is -2.16. The van der Waals surface area contributed by atoms with E-state index in [0.29, 0.717) is 11.4 Å². The summed E-state index contributed by atoms with van der Waals surface area (Å²) < 4.78 is 4.48. The molecule has 0 fully saturated rings. The van der Waals surface area contributed by atoms with E-state index in [0.717, 1.165) is 16.7 Å². The van der Waals surface area contributed by atoms with E-state index in [2.05, 4.69) is 16.3 Å². The Morgan fingerprint density at radius 3 is 2.33 bits per heavy atom. The number of hydrogen-bond donors (Lipinski definition) is 2. The maximum atomic E-state index is 11.2. The Labute approximate surface area is 152 Å². The van der Waals surface area contributed by atoms with Crippen molar-refractivity contribution in [3.63, 3.8) is 0 Å². The Balaban J connectivity index is 0.00000139. The number of esters is 1. The van der Waals surface area contributed by atoms with Gasteiger partial charge in [-0.1, -0.05) is 48.0 Å². The molecule has 0 amide bonds. The number of carbonyl (C=O) groups excluding carboxylic acids is 1. The minimum atomic E-state index is -1.32. The lowest BCUT2D eigenvalue weighted by molar-refractivity contribution is -0.151. The predicted octanol–water partition coefficient (Wildman–Crippen LogP) is 3.27. The summed E-state index contributed by atoms with van der Waals surface area (Å²) in [4.78, 5) is 11.2. The molecule has 24 heavy (non-hydrogen) atoms. The number of carbonyl (C=O) groups is 1. The maximum absolute atomic E-state index is 11.2. The fraction of sp³-hybridized carbons (Fsp3) is 0.278. The van der Waals surface area contributed by atoms with Crippen LogP contribution in [0.15, 0.2) is 48.5 Å². The van der Waals surface area contributed by atoms with Crippen molar-refractivity contribution in [3.8, 4) is 11.1 Å². The maximum Gasteiger partial charge on any atom is 0.336 e. The van der Waals surface area contributed by atoms with Gasteiger partial charge < -0.3 is 15.6 Å². The number of alkyl halides is 1. The van der Waals surface area contributed by atoms with Crippen LogP contribution in [0.25, 0.3) is 11.1 Å². The minimum Gasteiger partial charge on any atom is -0.467 e. The SMILES string of the molecule is CCl.COC(=O)[C@H](O)[C@H](N)Cc1ccc(-c2cccc(Cl)c2)cc1. The zero-order valence-corrected chi connectivity index (χ0v) is 15.1. The van der Waals surface area contributed by atoms with Crippen LogP contribution in [0, 0.1) is 0 Å². The highest BCUT2D eigenvalue weighted by atomic mass is 35.5. The molecule has 0 aromatic heterocycles. The number of hydrogen-bond acceptors (Lipinski definition) is 4. The van der Waals surface area contributed by atoms with Crippen LogP contribution >= 0.6 is 23.2 Å². The van der Waals surface area contributed by atoms with Crippen LogP contribution in [0.1, 0.15) is 5.56 Å². The molecule has 0 aliphatic rings. The molecule has 0 unspecified atom stereocenters. The van der Waals surface area contributed by atoms with Crippen molar-refractivity contribution in [1.82, 2.24) is 0 Å². The van der Waals surface area contributed by atoms with E-state index in [1.54, 1.807) is 0 Å². The fourth-order valence-corrected chi connectivity index (χ4v) is 2.37. The Bertz CT molecular complexity index is 647. The van der Waals surface area contributed by atoms with Gasteiger partial charge >= 0.3 is 5.97 Å². The number of aliphatic hydroxyl groups excluding tert-OH is 1. The smallest absolute Gasteiger partial charge is 0.336 e. The average Bonchev–Trinajstić information content (AvgIpc) is 2.62. The Morgan fingerprint density at radius 2 is 1.79 bits per heavy atom. The van der Waals surface area contributed by atoms with E-state index in [9.17, 15) is 9.90 Å². The second-order valence-corrected chi connectivity index (χ2v) is 5.48. The fourth-order valence-electron chi connectivity index (χ4n) is 2.18. The summed E-state index contributed by atoms with van der Waals surface area (Å²) in [6.45, 7) is 0. The summed E-state index contributed by atoms with van der Waals surface area (Å²) in [6.07, 6.45) is 0.532. The number of benzene rings is 2. The molecular weight excluding hydrogens is 349 g/mol. The molecule has 0 spiro atoms. The van der Waals surface area contributed by atoms with Crippen molar-refractivity contribution in [2.24, 2.45) is 5.73 Å². The molecule has 0 saturated carbocycles. The van der Waals surface area contributed by atoms with Crippen molar-refractivity contribution < 1.29 is 14.6 Å². The van der Waals surface area contributed by atoms with Crippen LogP contribution < -0.4 is 5.73 Å². The van der Waals surface area contributed by atoms with Gasteiger partial charge in [-0.25, -0.2) is 4.79 Å². The summed E-state index contributed by atoms with van der Waals surface area (Å²) in [5.74, 6) is -0.719. The number of aliphatic hydroxyl groups is 1. The van der Waals surface area contributed by atoms with Gasteiger partial charge in [0, 0.05) is 17.4 Å². The quantitative estimate of drug-likeness (QED) is 0.626. The van der Waals surface area contributed by atoms with E-state index in [4.69, 9.17) is 17.3 Å². The zero-order valence-electron chi connectivity index (χ0n) is 13.6. The van der Waals surface area contributed by atoms with E-state index in [-0.39, 0.29) is 0 Å². The van der Waals surface area contributed by atoms with Gasteiger partial charge in [-0.2, -0.15) is 0 Å². The molecule has 0 heterocycles. The second kappa shape index (κ2) is 10.3. The summed E-state index contributed by atoms with van der Waals surface area (Å²) in [5.41, 5.74) is 8.82. The molecule has 3 N–H and O–H groups in total. The summed E-state index contributed by atoms with van der Waals surface area (Å²) in [5, 5.41) is 10.4. The molecule has 4 nitrogen and oxygen atoms in total. The number of halogens is 2. The van der Waals surface area contributed by atoms with E-state index < -0.39 is 18.1 Å². The molecule has 0 aliphatic heterocycles. The number of rotatable bonds is 5. The van der Waals surface area contributed by atoms with Gasteiger partial charge in [0.25, 0.3) is 0 Å². The average molecular weight is 370 g/mol. The topological polar surface area (TPSA) is 72.5 Å². The summed E-state index contributed by atoms with van der Waals surface area (Å²) in [6, 6.07) is 14.6. The lowest BCUT2D eigenvalue weighted by Crippen LogP contribution is -2.42. The highest BCUT2D eigenvalue weighted by molar-refractivity contribution is 6.30. The Morgan fingerprint density at radius 1 is 1.17 bits per heavy atom. The first-order valence-corrected chi connectivity index (χ1v) is 8.39. The van der Waals surface area contributed by atoms with Gasteiger partial charge in [0.2, 0.25) is 0 Å². The largest absolute Gasteiger partial charge is 0.467 e. The number of ether oxygens (including phenoxy) is 1. The van der Waals surface area contributed by atoms with Crippen LogP contribution in [0.3, 0.4) is 0 Å². The lowest BCUT2D eigenvalue weighted by atomic mass is 9.99.